The summed E-state index contributed by atoms with van der Waals surface area (Å²) >= 11 is 0. The molecular formula is C21H15F6N3O4S. The first-order valence-electron chi connectivity index (χ1n) is 10.2. The summed E-state index contributed by atoms with van der Waals surface area (Å²) in [6.07, 6.45) is -7.16. The number of benzene rings is 2. The highest BCUT2D eigenvalue weighted by Gasteiger charge is 2.47. The van der Waals surface area contributed by atoms with E-state index in [1.54, 1.807) is 0 Å². The van der Waals surface area contributed by atoms with Gasteiger partial charge in [0.25, 0.3) is 10.0 Å². The van der Waals surface area contributed by atoms with Gasteiger partial charge in [0.1, 0.15) is 11.5 Å². The number of H-pyrrole nitrogens is 1. The largest absolute Gasteiger partial charge is 0.573 e. The van der Waals surface area contributed by atoms with Gasteiger partial charge in [-0.2, -0.15) is 5.10 Å². The normalized spacial score (nSPS) is 18.1. The number of anilines is 1. The molecule has 1 atom stereocenters. The van der Waals surface area contributed by atoms with Gasteiger partial charge in [-0.1, -0.05) is 0 Å². The van der Waals surface area contributed by atoms with Crippen LogP contribution in [0.25, 0.3) is 11.3 Å². The van der Waals surface area contributed by atoms with Crippen molar-refractivity contribution in [3.63, 3.8) is 0 Å². The van der Waals surface area contributed by atoms with Crippen molar-refractivity contribution < 1.29 is 44.2 Å². The fourth-order valence-corrected chi connectivity index (χ4v) is 5.88. The number of aromatic amines is 1. The Kier molecular flexibility index (Phi) is 5.20. The Morgan fingerprint density at radius 1 is 0.914 bits per heavy atom. The third kappa shape index (κ3) is 4.49. The highest BCUT2D eigenvalue weighted by atomic mass is 32.2. The van der Waals surface area contributed by atoms with Gasteiger partial charge in [-0.05, 0) is 55.2 Å². The Bertz CT molecular complexity index is 1360. The summed E-state index contributed by atoms with van der Waals surface area (Å²) in [4.78, 5) is -0.363. The molecule has 2 aromatic carbocycles. The van der Waals surface area contributed by atoms with E-state index in [4.69, 9.17) is 0 Å². The van der Waals surface area contributed by atoms with Gasteiger partial charge in [0.15, 0.2) is 0 Å². The van der Waals surface area contributed by atoms with Crippen molar-refractivity contribution in [3.8, 4) is 22.8 Å². The van der Waals surface area contributed by atoms with Crippen LogP contribution in [0.3, 0.4) is 0 Å². The lowest BCUT2D eigenvalue weighted by molar-refractivity contribution is -0.275. The van der Waals surface area contributed by atoms with E-state index in [1.165, 1.54) is 12.3 Å². The average molecular weight is 519 g/mol. The molecular weight excluding hydrogens is 504 g/mol. The fourth-order valence-electron chi connectivity index (χ4n) is 4.18. The maximum atomic E-state index is 13.8. The van der Waals surface area contributed by atoms with Crippen LogP contribution in [0.4, 0.5) is 32.0 Å². The molecule has 1 aliphatic heterocycles. The second-order valence-electron chi connectivity index (χ2n) is 8.03. The van der Waals surface area contributed by atoms with E-state index >= 15 is 0 Å². The quantitative estimate of drug-likeness (QED) is 0.448. The average Bonchev–Trinajstić information content (AvgIpc) is 3.46. The predicted molar refractivity (Wildman–Crippen MR) is 109 cm³/mol. The molecule has 0 spiro atoms. The zero-order chi connectivity index (χ0) is 25.2. The van der Waals surface area contributed by atoms with Crippen molar-refractivity contribution in [3.05, 3.63) is 54.2 Å². The van der Waals surface area contributed by atoms with Crippen molar-refractivity contribution in [2.75, 3.05) is 4.31 Å². The molecule has 0 saturated heterocycles. The topological polar surface area (TPSA) is 84.5 Å². The van der Waals surface area contributed by atoms with Crippen LogP contribution in [-0.2, 0) is 10.0 Å². The lowest BCUT2D eigenvalue weighted by Gasteiger charge is -2.38. The molecule has 1 fully saturated rings. The van der Waals surface area contributed by atoms with Gasteiger partial charge in [0, 0.05) is 17.2 Å². The monoisotopic (exact) mass is 519 g/mol. The number of sulfonamides is 1. The van der Waals surface area contributed by atoms with Crippen LogP contribution in [0, 0.1) is 5.92 Å². The Hall–Kier alpha value is -3.42. The number of rotatable bonds is 5. The number of hydrogen-bond donors (Lipinski definition) is 1. The molecule has 5 rings (SSSR count). The van der Waals surface area contributed by atoms with E-state index in [0.717, 1.165) is 40.7 Å². The Morgan fingerprint density at radius 2 is 1.51 bits per heavy atom. The molecule has 1 saturated carbocycles. The van der Waals surface area contributed by atoms with E-state index < -0.39 is 40.3 Å². The summed E-state index contributed by atoms with van der Waals surface area (Å²) in [5, 5.41) is 6.78. The molecule has 3 aromatic rings. The summed E-state index contributed by atoms with van der Waals surface area (Å²) in [7, 11) is -4.45. The predicted octanol–water partition coefficient (Wildman–Crippen LogP) is 5.53. The number of nitrogens with one attached hydrogen (secondary N) is 1. The van der Waals surface area contributed by atoms with Gasteiger partial charge in [-0.15, -0.1) is 26.3 Å². The standard InChI is InChI=1S/C21H15F6N3O4S/c22-20(23,24)33-12-3-6-14(7-4-12)35(31,32)30-17-9-13(34-21(25,26)27)5-8-15(17)18-16(10-28-29-18)19(30)11-1-2-11/h3-11,19H,1-2H2,(H,28,29). The Labute approximate surface area is 194 Å². The van der Waals surface area contributed by atoms with Crippen LogP contribution in [0.2, 0.25) is 0 Å². The number of hydrogen-bond acceptors (Lipinski definition) is 5. The second-order valence-corrected chi connectivity index (χ2v) is 9.84. The SMILES string of the molecule is O=S(=O)(c1ccc(OC(F)(F)F)cc1)N1c2cc(OC(F)(F)F)ccc2-c2[nH]ncc2C1C1CC1. The first-order chi connectivity index (χ1) is 16.3. The maximum absolute atomic E-state index is 13.8. The van der Waals surface area contributed by atoms with Crippen LogP contribution in [0.1, 0.15) is 24.4 Å². The van der Waals surface area contributed by atoms with Crippen molar-refractivity contribution in [2.45, 2.75) is 36.5 Å². The van der Waals surface area contributed by atoms with Gasteiger partial charge in [0.05, 0.1) is 28.5 Å². The summed E-state index contributed by atoms with van der Waals surface area (Å²) in [6.45, 7) is 0. The van der Waals surface area contributed by atoms with Crippen molar-refractivity contribution in [2.24, 2.45) is 5.92 Å². The zero-order valence-electron chi connectivity index (χ0n) is 17.4. The van der Waals surface area contributed by atoms with E-state index in [1.807, 2.05) is 0 Å². The van der Waals surface area contributed by atoms with Gasteiger partial charge >= 0.3 is 12.7 Å². The van der Waals surface area contributed by atoms with Crippen LogP contribution in [0.15, 0.2) is 53.6 Å². The van der Waals surface area contributed by atoms with Crippen molar-refractivity contribution in [1.29, 1.82) is 0 Å². The van der Waals surface area contributed by atoms with Crippen molar-refractivity contribution >= 4 is 15.7 Å². The smallest absolute Gasteiger partial charge is 0.406 e. The minimum atomic E-state index is -5.00. The third-order valence-electron chi connectivity index (χ3n) is 5.63. The van der Waals surface area contributed by atoms with E-state index in [2.05, 4.69) is 19.7 Å². The fraction of sp³-hybridized carbons (Fsp3) is 0.286. The summed E-state index contributed by atoms with van der Waals surface area (Å²) in [5.41, 5.74) is 1.22. The van der Waals surface area contributed by atoms with Crippen LogP contribution >= 0.6 is 0 Å². The van der Waals surface area contributed by atoms with Crippen LogP contribution < -0.4 is 13.8 Å². The van der Waals surface area contributed by atoms with Gasteiger partial charge in [-0.3, -0.25) is 9.40 Å². The zero-order valence-corrected chi connectivity index (χ0v) is 18.2. The van der Waals surface area contributed by atoms with Crippen LogP contribution in [0.5, 0.6) is 11.5 Å². The number of alkyl halides is 6. The summed E-state index contributed by atoms with van der Waals surface area (Å²) < 4.78 is 112. The number of halogens is 6. The number of fused-ring (bicyclic) bond motifs is 3. The molecule has 14 heteroatoms. The Balaban J connectivity index is 1.63. The van der Waals surface area contributed by atoms with E-state index in [-0.39, 0.29) is 22.1 Å². The molecule has 2 heterocycles. The minimum Gasteiger partial charge on any atom is -0.406 e. The van der Waals surface area contributed by atoms with E-state index in [9.17, 15) is 34.8 Å². The van der Waals surface area contributed by atoms with Crippen molar-refractivity contribution in [1.82, 2.24) is 10.2 Å². The lowest BCUT2D eigenvalue weighted by atomic mass is 9.93. The maximum Gasteiger partial charge on any atom is 0.573 e. The highest BCUT2D eigenvalue weighted by molar-refractivity contribution is 7.92. The van der Waals surface area contributed by atoms with Gasteiger partial charge in [-0.25, -0.2) is 8.42 Å². The number of ether oxygens (including phenoxy) is 2. The molecule has 7 nitrogen and oxygen atoms in total. The summed E-state index contributed by atoms with van der Waals surface area (Å²) in [6, 6.07) is 6.13. The number of nitrogens with zero attached hydrogens (tertiary/aromatic N) is 2. The molecule has 1 N–H and O–H groups in total. The molecule has 0 bridgehead atoms. The van der Waals surface area contributed by atoms with Crippen LogP contribution in [-0.4, -0.2) is 31.3 Å². The second kappa shape index (κ2) is 7.80. The molecule has 1 aromatic heterocycles. The lowest BCUT2D eigenvalue weighted by Crippen LogP contribution is -2.38. The molecule has 1 unspecified atom stereocenters. The Morgan fingerprint density at radius 3 is 2.11 bits per heavy atom. The molecule has 2 aliphatic rings. The van der Waals surface area contributed by atoms with Gasteiger partial charge in [0.2, 0.25) is 0 Å². The number of aromatic nitrogens is 2. The molecule has 1 aliphatic carbocycles. The minimum absolute atomic E-state index is 0.0731. The van der Waals surface area contributed by atoms with Gasteiger partial charge < -0.3 is 9.47 Å². The van der Waals surface area contributed by atoms with E-state index in [0.29, 0.717) is 24.1 Å². The molecule has 0 amide bonds. The molecule has 35 heavy (non-hydrogen) atoms. The summed E-state index contributed by atoms with van der Waals surface area (Å²) in [5.74, 6) is -1.37. The molecule has 0 radical (unpaired) electrons. The first kappa shape index (κ1) is 23.3. The first-order valence-corrected chi connectivity index (χ1v) is 11.6. The third-order valence-corrected chi connectivity index (χ3v) is 7.44. The highest BCUT2D eigenvalue weighted by Crippen LogP contribution is 2.55. The molecule has 186 valence electrons.